The van der Waals surface area contributed by atoms with Crippen LogP contribution in [0.1, 0.15) is 92.1 Å². The van der Waals surface area contributed by atoms with Crippen LogP contribution >= 0.6 is 0 Å². The Balaban J connectivity index is 1.59. The van der Waals surface area contributed by atoms with Crippen LogP contribution in [-0.4, -0.2) is 29.5 Å². The van der Waals surface area contributed by atoms with Gasteiger partial charge in [-0.3, -0.25) is 0 Å². The smallest absolute Gasteiger partial charge is 0.109 e. The lowest BCUT2D eigenvalue weighted by Gasteiger charge is -2.13. The quantitative estimate of drug-likeness (QED) is 0.593. The molecule has 0 aliphatic heterocycles. The molecule has 0 bridgehead atoms. The molecular weight excluding hydrogens is 348 g/mol. The van der Waals surface area contributed by atoms with Crippen LogP contribution in [0.15, 0.2) is 12.4 Å². The molecule has 0 saturated heterocycles. The number of H-pyrrole nitrogens is 2. The third kappa shape index (κ3) is 4.37. The molecule has 0 aliphatic rings. The van der Waals surface area contributed by atoms with E-state index in [9.17, 15) is 0 Å². The zero-order valence-electron chi connectivity index (χ0n) is 18.3. The van der Waals surface area contributed by atoms with Gasteiger partial charge < -0.3 is 14.5 Å². The van der Waals surface area contributed by atoms with Crippen LogP contribution in [0.5, 0.6) is 0 Å². The molecule has 0 aromatic carbocycles. The fraction of sp³-hybridized carbons (Fsp3) is 0.591. The monoisotopic (exact) mass is 382 g/mol. The lowest BCUT2D eigenvalue weighted by atomic mass is 10.0. The Morgan fingerprint density at radius 2 is 1.57 bits per heavy atom. The first kappa shape index (κ1) is 20.4. The van der Waals surface area contributed by atoms with Crippen LogP contribution in [0.25, 0.3) is 0 Å². The zero-order chi connectivity index (χ0) is 20.4. The average Bonchev–Trinajstić information content (AvgIpc) is 3.33. The van der Waals surface area contributed by atoms with Crippen molar-refractivity contribution in [3.05, 3.63) is 52.6 Å². The number of imidazole rings is 3. The van der Waals surface area contributed by atoms with Crippen molar-refractivity contribution < 1.29 is 0 Å². The van der Waals surface area contributed by atoms with Gasteiger partial charge >= 0.3 is 0 Å². The first-order chi connectivity index (χ1) is 13.3. The molecule has 3 aromatic rings. The third-order valence-electron chi connectivity index (χ3n) is 5.70. The largest absolute Gasteiger partial charge is 0.346 e. The third-order valence-corrected chi connectivity index (χ3v) is 5.70. The van der Waals surface area contributed by atoms with E-state index in [0.29, 0.717) is 17.8 Å². The van der Waals surface area contributed by atoms with Crippen molar-refractivity contribution in [1.82, 2.24) is 29.5 Å². The molecule has 2 atom stereocenters. The normalized spacial score (nSPS) is 14.0. The summed E-state index contributed by atoms with van der Waals surface area (Å²) in [4.78, 5) is 20.7. The fourth-order valence-corrected chi connectivity index (χ4v) is 3.94. The lowest BCUT2D eigenvalue weighted by molar-refractivity contribution is 0.631. The first-order valence-electron chi connectivity index (χ1n) is 10.3. The molecular formula is C22H34N6. The van der Waals surface area contributed by atoms with Crippen molar-refractivity contribution in [1.29, 1.82) is 0 Å². The van der Waals surface area contributed by atoms with Crippen molar-refractivity contribution in [2.45, 2.75) is 78.6 Å². The van der Waals surface area contributed by atoms with Crippen LogP contribution in [0.3, 0.4) is 0 Å². The fourth-order valence-electron chi connectivity index (χ4n) is 3.94. The standard InChI is InChI=1S/C22H34N6/c1-13(2)21-23-11-18(26-21)9-8-14(3)22-24-12-19(27-22)10-15(4)20-16(5)25-17(6)28(20)7/h11-15H,8-10H2,1-7H3,(H,23,26)(H,24,27). The topological polar surface area (TPSA) is 75.2 Å². The van der Waals surface area contributed by atoms with Gasteiger partial charge in [-0.25, -0.2) is 15.0 Å². The highest BCUT2D eigenvalue weighted by Crippen LogP contribution is 2.25. The molecule has 3 heterocycles. The van der Waals surface area contributed by atoms with Gasteiger partial charge in [0.2, 0.25) is 0 Å². The minimum atomic E-state index is 0.385. The Kier molecular flexibility index (Phi) is 6.06. The Bertz CT molecular complexity index is 914. The summed E-state index contributed by atoms with van der Waals surface area (Å²) in [5.74, 6) is 4.43. The van der Waals surface area contributed by atoms with E-state index in [1.54, 1.807) is 0 Å². The van der Waals surface area contributed by atoms with Gasteiger partial charge in [0.1, 0.15) is 17.5 Å². The predicted octanol–water partition coefficient (Wildman–Crippen LogP) is 4.69. The molecule has 0 radical (unpaired) electrons. The zero-order valence-corrected chi connectivity index (χ0v) is 18.3. The number of nitrogens with one attached hydrogen (secondary N) is 2. The molecule has 0 spiro atoms. The summed E-state index contributed by atoms with van der Waals surface area (Å²) >= 11 is 0. The summed E-state index contributed by atoms with van der Waals surface area (Å²) in [6.07, 6.45) is 6.93. The van der Waals surface area contributed by atoms with Crippen molar-refractivity contribution in [3.8, 4) is 0 Å². The molecule has 2 unspecified atom stereocenters. The minimum absolute atomic E-state index is 0.385. The van der Waals surface area contributed by atoms with Gasteiger partial charge in [0.25, 0.3) is 0 Å². The van der Waals surface area contributed by atoms with Gasteiger partial charge in [0.15, 0.2) is 0 Å². The first-order valence-corrected chi connectivity index (χ1v) is 10.3. The molecule has 3 aromatic heterocycles. The molecule has 28 heavy (non-hydrogen) atoms. The summed E-state index contributed by atoms with van der Waals surface area (Å²) in [7, 11) is 2.10. The number of hydrogen-bond acceptors (Lipinski definition) is 3. The summed E-state index contributed by atoms with van der Waals surface area (Å²) in [6.45, 7) is 13.0. The van der Waals surface area contributed by atoms with Crippen LogP contribution in [0.2, 0.25) is 0 Å². The van der Waals surface area contributed by atoms with Gasteiger partial charge in [-0.1, -0.05) is 27.7 Å². The Morgan fingerprint density at radius 3 is 2.18 bits per heavy atom. The highest BCUT2D eigenvalue weighted by molar-refractivity contribution is 5.21. The Hall–Kier alpha value is -2.37. The molecule has 0 aliphatic carbocycles. The van der Waals surface area contributed by atoms with Crippen molar-refractivity contribution in [2.75, 3.05) is 0 Å². The maximum Gasteiger partial charge on any atom is 0.109 e. The number of rotatable bonds is 8. The molecule has 2 N–H and O–H groups in total. The maximum atomic E-state index is 4.65. The van der Waals surface area contributed by atoms with E-state index in [-0.39, 0.29) is 0 Å². The molecule has 6 nitrogen and oxygen atoms in total. The lowest BCUT2D eigenvalue weighted by Crippen LogP contribution is -2.07. The van der Waals surface area contributed by atoms with Gasteiger partial charge in [0.05, 0.1) is 5.69 Å². The number of hydrogen-bond donors (Lipinski definition) is 2. The Labute approximate surface area is 168 Å². The van der Waals surface area contributed by atoms with E-state index in [0.717, 1.165) is 42.4 Å². The maximum absolute atomic E-state index is 4.65. The second kappa shape index (κ2) is 8.33. The molecule has 152 valence electrons. The summed E-state index contributed by atoms with van der Waals surface area (Å²) in [5, 5.41) is 0. The SMILES string of the molecule is Cc1nc(C)n(C)c1C(C)Cc1cnc(C(C)CCc2cnc(C(C)C)[nH]2)[nH]1. The number of aromatic nitrogens is 6. The summed E-state index contributed by atoms with van der Waals surface area (Å²) in [6, 6.07) is 0. The molecule has 0 fully saturated rings. The van der Waals surface area contributed by atoms with Gasteiger partial charge in [-0.05, 0) is 33.1 Å². The van der Waals surface area contributed by atoms with E-state index in [2.05, 4.69) is 78.1 Å². The van der Waals surface area contributed by atoms with E-state index in [4.69, 9.17) is 0 Å². The van der Waals surface area contributed by atoms with Crippen LogP contribution in [0, 0.1) is 13.8 Å². The highest BCUT2D eigenvalue weighted by Gasteiger charge is 2.18. The molecule has 6 heteroatoms. The van der Waals surface area contributed by atoms with E-state index in [1.165, 1.54) is 17.1 Å². The molecule has 0 amide bonds. The molecule has 3 rings (SSSR count). The second-order valence-corrected chi connectivity index (χ2v) is 8.48. The number of aryl methyl sites for hydroxylation is 3. The predicted molar refractivity (Wildman–Crippen MR) is 113 cm³/mol. The minimum Gasteiger partial charge on any atom is -0.346 e. The van der Waals surface area contributed by atoms with Crippen molar-refractivity contribution in [3.63, 3.8) is 0 Å². The summed E-state index contributed by atoms with van der Waals surface area (Å²) in [5.41, 5.74) is 4.83. The van der Waals surface area contributed by atoms with E-state index >= 15 is 0 Å². The van der Waals surface area contributed by atoms with Crippen molar-refractivity contribution >= 4 is 0 Å². The van der Waals surface area contributed by atoms with Crippen molar-refractivity contribution in [2.24, 2.45) is 7.05 Å². The average molecular weight is 383 g/mol. The van der Waals surface area contributed by atoms with Gasteiger partial charge in [-0.15, -0.1) is 0 Å². The Morgan fingerprint density at radius 1 is 0.929 bits per heavy atom. The highest BCUT2D eigenvalue weighted by atomic mass is 15.1. The second-order valence-electron chi connectivity index (χ2n) is 8.48. The van der Waals surface area contributed by atoms with Gasteiger partial charge in [-0.2, -0.15) is 0 Å². The van der Waals surface area contributed by atoms with Crippen LogP contribution in [0.4, 0.5) is 0 Å². The summed E-state index contributed by atoms with van der Waals surface area (Å²) < 4.78 is 2.20. The number of nitrogens with zero attached hydrogens (tertiary/aromatic N) is 4. The van der Waals surface area contributed by atoms with E-state index in [1.807, 2.05) is 12.4 Å². The van der Waals surface area contributed by atoms with Crippen LogP contribution in [-0.2, 0) is 19.9 Å². The van der Waals surface area contributed by atoms with Gasteiger partial charge in [0, 0.05) is 54.3 Å². The van der Waals surface area contributed by atoms with E-state index < -0.39 is 0 Å². The number of aromatic amines is 2. The van der Waals surface area contributed by atoms with Crippen LogP contribution < -0.4 is 0 Å². The molecule has 0 saturated carbocycles.